The van der Waals surface area contributed by atoms with Gasteiger partial charge in [-0.05, 0) is 74.8 Å². The number of hydrogen-bond acceptors (Lipinski definition) is 3. The van der Waals surface area contributed by atoms with Crippen LogP contribution in [0.15, 0.2) is 35.9 Å². The number of benzene rings is 1. The monoisotopic (exact) mass is 330 g/mol. The molecule has 2 rings (SSSR count). The van der Waals surface area contributed by atoms with Crippen LogP contribution in [0.3, 0.4) is 0 Å². The highest BCUT2D eigenvalue weighted by Crippen LogP contribution is 2.34. The Morgan fingerprint density at radius 3 is 2.33 bits per heavy atom. The Balaban J connectivity index is 1.87. The molecular weight excluding hydrogens is 300 g/mol. The lowest BCUT2D eigenvalue weighted by atomic mass is 9.78. The van der Waals surface area contributed by atoms with Crippen LogP contribution in [-0.4, -0.2) is 12.6 Å². The summed E-state index contributed by atoms with van der Waals surface area (Å²) in [5.41, 5.74) is 1.33. The molecule has 132 valence electrons. The topological polar surface area (TPSA) is 35.5 Å². The second kappa shape index (κ2) is 7.42. The largest absolute Gasteiger partial charge is 0.489 e. The van der Waals surface area contributed by atoms with E-state index in [1.54, 1.807) is 12.1 Å². The summed E-state index contributed by atoms with van der Waals surface area (Å²) < 4.78 is 11.3. The van der Waals surface area contributed by atoms with Crippen LogP contribution in [0.4, 0.5) is 0 Å². The predicted octanol–water partition coefficient (Wildman–Crippen LogP) is 5.54. The molecule has 0 heterocycles. The lowest BCUT2D eigenvalue weighted by Gasteiger charge is -2.28. The van der Waals surface area contributed by atoms with Crippen LogP contribution in [0, 0.1) is 10.8 Å². The quantitative estimate of drug-likeness (QED) is 0.390. The molecule has 0 aromatic heterocycles. The van der Waals surface area contributed by atoms with Gasteiger partial charge in [0.25, 0.3) is 0 Å². The summed E-state index contributed by atoms with van der Waals surface area (Å²) in [7, 11) is 0. The highest BCUT2D eigenvalue weighted by atomic mass is 16.5. The van der Waals surface area contributed by atoms with E-state index in [0.29, 0.717) is 17.8 Å². The van der Waals surface area contributed by atoms with Crippen LogP contribution >= 0.6 is 0 Å². The van der Waals surface area contributed by atoms with Crippen molar-refractivity contribution in [3.63, 3.8) is 0 Å². The molecule has 0 saturated heterocycles. The van der Waals surface area contributed by atoms with Gasteiger partial charge in [0, 0.05) is 0 Å². The van der Waals surface area contributed by atoms with Gasteiger partial charge in [0.15, 0.2) is 0 Å². The number of rotatable bonds is 6. The fourth-order valence-corrected chi connectivity index (χ4v) is 2.42. The molecule has 3 heteroatoms. The second-order valence-corrected chi connectivity index (χ2v) is 8.12. The third-order valence-electron chi connectivity index (χ3n) is 4.96. The first kappa shape index (κ1) is 18.6. The van der Waals surface area contributed by atoms with Crippen molar-refractivity contribution in [2.24, 2.45) is 10.8 Å². The van der Waals surface area contributed by atoms with Crippen LogP contribution in [-0.2, 0) is 4.79 Å². The maximum Gasteiger partial charge on any atom is 0.316 e. The first-order valence-electron chi connectivity index (χ1n) is 8.85. The van der Waals surface area contributed by atoms with Gasteiger partial charge in [0.2, 0.25) is 0 Å². The lowest BCUT2D eigenvalue weighted by Crippen LogP contribution is -2.28. The van der Waals surface area contributed by atoms with Crippen LogP contribution in [0.1, 0.15) is 60.3 Å². The highest BCUT2D eigenvalue weighted by Gasteiger charge is 2.27. The van der Waals surface area contributed by atoms with Crippen LogP contribution in [0.25, 0.3) is 0 Å². The minimum absolute atomic E-state index is 0.200. The molecule has 0 unspecified atom stereocenters. The standard InChI is InChI=1S/C21H30O3/c1-6-21(4,5)19(22)24-18-9-7-17(8-10-18)23-15-16-11-13-20(2,3)14-12-16/h7-11H,6,12-15H2,1-5H3. The Bertz CT molecular complexity index is 594. The average molecular weight is 330 g/mol. The van der Waals surface area contributed by atoms with Crippen molar-refractivity contribution in [1.29, 1.82) is 0 Å². The molecule has 0 bridgehead atoms. The fourth-order valence-electron chi connectivity index (χ4n) is 2.42. The molecular formula is C21H30O3. The van der Waals surface area contributed by atoms with Gasteiger partial charge in [-0.2, -0.15) is 0 Å². The van der Waals surface area contributed by atoms with Crippen LogP contribution < -0.4 is 9.47 Å². The van der Waals surface area contributed by atoms with E-state index in [2.05, 4.69) is 19.9 Å². The van der Waals surface area contributed by atoms with E-state index in [1.165, 1.54) is 12.0 Å². The van der Waals surface area contributed by atoms with Gasteiger partial charge in [-0.3, -0.25) is 4.79 Å². The molecule has 0 aliphatic heterocycles. The highest BCUT2D eigenvalue weighted by molar-refractivity contribution is 5.78. The lowest BCUT2D eigenvalue weighted by molar-refractivity contribution is -0.144. The second-order valence-electron chi connectivity index (χ2n) is 8.12. The third kappa shape index (κ3) is 5.12. The Kier molecular flexibility index (Phi) is 5.74. The van der Waals surface area contributed by atoms with Gasteiger partial charge in [-0.1, -0.05) is 26.8 Å². The maximum atomic E-state index is 12.1. The number of carbonyl (C=O) groups is 1. The number of carbonyl (C=O) groups excluding carboxylic acids is 1. The summed E-state index contributed by atoms with van der Waals surface area (Å²) in [5, 5.41) is 0. The van der Waals surface area contributed by atoms with Gasteiger partial charge in [0.1, 0.15) is 18.1 Å². The Morgan fingerprint density at radius 2 is 1.79 bits per heavy atom. The van der Waals surface area contributed by atoms with E-state index in [9.17, 15) is 4.79 Å². The summed E-state index contributed by atoms with van der Waals surface area (Å²) in [6.07, 6.45) is 6.50. The van der Waals surface area contributed by atoms with E-state index < -0.39 is 5.41 Å². The van der Waals surface area contributed by atoms with E-state index in [4.69, 9.17) is 9.47 Å². The zero-order valence-corrected chi connectivity index (χ0v) is 15.6. The van der Waals surface area contributed by atoms with Gasteiger partial charge in [0.05, 0.1) is 5.41 Å². The number of esters is 1. The summed E-state index contributed by atoms with van der Waals surface area (Å²) in [4.78, 5) is 12.1. The van der Waals surface area contributed by atoms with Crippen LogP contribution in [0.5, 0.6) is 11.5 Å². The molecule has 0 fully saturated rings. The predicted molar refractivity (Wildman–Crippen MR) is 97.4 cm³/mol. The van der Waals surface area contributed by atoms with E-state index in [1.807, 2.05) is 32.9 Å². The molecule has 24 heavy (non-hydrogen) atoms. The van der Waals surface area contributed by atoms with Gasteiger partial charge < -0.3 is 9.47 Å². The summed E-state index contributed by atoms with van der Waals surface area (Å²) in [5.74, 6) is 1.16. The van der Waals surface area contributed by atoms with Gasteiger partial charge >= 0.3 is 5.97 Å². The van der Waals surface area contributed by atoms with E-state index in [-0.39, 0.29) is 5.97 Å². The van der Waals surface area contributed by atoms with Crippen molar-refractivity contribution in [2.75, 3.05) is 6.61 Å². The molecule has 1 aliphatic rings. The fraction of sp³-hybridized carbons (Fsp3) is 0.571. The average Bonchev–Trinajstić information content (AvgIpc) is 2.55. The third-order valence-corrected chi connectivity index (χ3v) is 4.96. The summed E-state index contributed by atoms with van der Waals surface area (Å²) in [6.45, 7) is 11.0. The zero-order chi connectivity index (χ0) is 17.8. The Hall–Kier alpha value is -1.77. The van der Waals surface area contributed by atoms with Crippen molar-refractivity contribution in [2.45, 2.75) is 60.3 Å². The molecule has 0 amide bonds. The van der Waals surface area contributed by atoms with Crippen molar-refractivity contribution in [1.82, 2.24) is 0 Å². The van der Waals surface area contributed by atoms with Gasteiger partial charge in [-0.25, -0.2) is 0 Å². The molecule has 1 aromatic rings. The SMILES string of the molecule is CCC(C)(C)C(=O)Oc1ccc(OCC2=CCC(C)(C)CC2)cc1. The number of hydrogen-bond donors (Lipinski definition) is 0. The summed E-state index contributed by atoms with van der Waals surface area (Å²) >= 11 is 0. The normalized spacial score (nSPS) is 17.1. The zero-order valence-electron chi connectivity index (χ0n) is 15.6. The number of ether oxygens (including phenoxy) is 2. The van der Waals surface area contributed by atoms with Gasteiger partial charge in [-0.15, -0.1) is 0 Å². The number of allylic oxidation sites excluding steroid dienone is 1. The minimum Gasteiger partial charge on any atom is -0.489 e. The van der Waals surface area contributed by atoms with Crippen LogP contribution in [0.2, 0.25) is 0 Å². The molecule has 0 atom stereocenters. The Labute approximate surface area is 146 Å². The Morgan fingerprint density at radius 1 is 1.17 bits per heavy atom. The molecule has 0 saturated carbocycles. The molecule has 0 radical (unpaired) electrons. The molecule has 0 spiro atoms. The first-order chi connectivity index (χ1) is 11.2. The van der Waals surface area contributed by atoms with Crippen molar-refractivity contribution >= 4 is 5.97 Å². The van der Waals surface area contributed by atoms with E-state index in [0.717, 1.165) is 25.0 Å². The minimum atomic E-state index is -0.462. The van der Waals surface area contributed by atoms with Crippen molar-refractivity contribution in [3.8, 4) is 11.5 Å². The van der Waals surface area contributed by atoms with Crippen molar-refractivity contribution < 1.29 is 14.3 Å². The summed E-state index contributed by atoms with van der Waals surface area (Å²) in [6, 6.07) is 7.29. The molecule has 0 N–H and O–H groups in total. The molecule has 3 nitrogen and oxygen atoms in total. The van der Waals surface area contributed by atoms with E-state index >= 15 is 0 Å². The smallest absolute Gasteiger partial charge is 0.316 e. The van der Waals surface area contributed by atoms with Crippen molar-refractivity contribution in [3.05, 3.63) is 35.9 Å². The maximum absolute atomic E-state index is 12.1. The molecule has 1 aromatic carbocycles. The molecule has 1 aliphatic carbocycles. The first-order valence-corrected chi connectivity index (χ1v) is 8.85.